The number of anilines is 1. The summed E-state index contributed by atoms with van der Waals surface area (Å²) >= 11 is 0. The Bertz CT molecular complexity index is 1250. The zero-order chi connectivity index (χ0) is 24.2. The standard InChI is InChI=1S/C20H18F2N4O6S/c1-11(24-19-13-4-2-3-5-16(13)33(30,31)26-19)20(29)32-10-18(28)23-9-17(27)25-12-6-7-14(21)15(22)8-12/h2-8,11H,9-10H2,1H3,(H,23,28)(H,24,26)(H,25,27)/t11-/m0/s1. The molecule has 0 aliphatic carbocycles. The summed E-state index contributed by atoms with van der Waals surface area (Å²) in [4.78, 5) is 39.8. The molecule has 174 valence electrons. The van der Waals surface area contributed by atoms with E-state index in [1.54, 1.807) is 12.1 Å². The summed E-state index contributed by atoms with van der Waals surface area (Å²) in [6.45, 7) is 0.137. The molecule has 0 unspecified atom stereocenters. The maximum atomic E-state index is 13.1. The molecule has 0 saturated heterocycles. The fourth-order valence-corrected chi connectivity index (χ4v) is 3.98. The minimum Gasteiger partial charge on any atom is -0.454 e. The first kappa shape index (κ1) is 23.8. The van der Waals surface area contributed by atoms with Crippen LogP contribution in [-0.2, 0) is 29.1 Å². The molecule has 1 atom stereocenters. The second kappa shape index (κ2) is 9.73. The third-order valence-corrected chi connectivity index (χ3v) is 5.72. The number of carbonyl (C=O) groups excluding carboxylic acids is 3. The van der Waals surface area contributed by atoms with Crippen LogP contribution in [0.2, 0.25) is 0 Å². The highest BCUT2D eigenvalue weighted by molar-refractivity contribution is 7.90. The molecule has 0 fully saturated rings. The fraction of sp³-hybridized carbons (Fsp3) is 0.200. The van der Waals surface area contributed by atoms with Crippen molar-refractivity contribution < 1.29 is 36.3 Å². The van der Waals surface area contributed by atoms with Crippen LogP contribution >= 0.6 is 0 Å². The summed E-state index contributed by atoms with van der Waals surface area (Å²) in [5.74, 6) is -4.64. The quantitative estimate of drug-likeness (QED) is 0.498. The SMILES string of the molecule is C[C@H](N=C1NS(=O)(=O)c2ccccc21)C(=O)OCC(=O)NCC(=O)Nc1ccc(F)c(F)c1. The van der Waals surface area contributed by atoms with E-state index in [-0.39, 0.29) is 16.4 Å². The van der Waals surface area contributed by atoms with Crippen molar-refractivity contribution >= 4 is 39.3 Å². The predicted molar refractivity (Wildman–Crippen MR) is 112 cm³/mol. The topological polar surface area (TPSA) is 143 Å². The summed E-state index contributed by atoms with van der Waals surface area (Å²) in [6.07, 6.45) is 0. The van der Waals surface area contributed by atoms with Gasteiger partial charge in [-0.15, -0.1) is 0 Å². The molecule has 1 heterocycles. The molecule has 1 aliphatic rings. The highest BCUT2D eigenvalue weighted by atomic mass is 32.2. The summed E-state index contributed by atoms with van der Waals surface area (Å²) in [7, 11) is -3.77. The number of aliphatic imine (C=N–C) groups is 1. The van der Waals surface area contributed by atoms with Crippen molar-refractivity contribution in [2.24, 2.45) is 4.99 Å². The molecular formula is C20H18F2N4O6S. The van der Waals surface area contributed by atoms with Crippen LogP contribution in [0.25, 0.3) is 0 Å². The molecule has 10 nitrogen and oxygen atoms in total. The van der Waals surface area contributed by atoms with Gasteiger partial charge in [0.25, 0.3) is 15.9 Å². The number of sulfonamides is 1. The Hall–Kier alpha value is -3.87. The van der Waals surface area contributed by atoms with Crippen LogP contribution in [0.4, 0.5) is 14.5 Å². The van der Waals surface area contributed by atoms with Crippen molar-refractivity contribution in [3.8, 4) is 0 Å². The zero-order valence-electron chi connectivity index (χ0n) is 17.1. The van der Waals surface area contributed by atoms with Gasteiger partial charge in [-0.2, -0.15) is 0 Å². The van der Waals surface area contributed by atoms with Gasteiger partial charge in [-0.05, 0) is 31.2 Å². The largest absolute Gasteiger partial charge is 0.454 e. The molecule has 2 aromatic rings. The molecule has 0 bridgehead atoms. The van der Waals surface area contributed by atoms with Crippen LogP contribution in [-0.4, -0.2) is 51.2 Å². The van der Waals surface area contributed by atoms with E-state index in [4.69, 9.17) is 4.74 Å². The number of esters is 1. The van der Waals surface area contributed by atoms with Crippen LogP contribution < -0.4 is 15.4 Å². The Morgan fingerprint density at radius 1 is 1.09 bits per heavy atom. The van der Waals surface area contributed by atoms with Crippen molar-refractivity contribution in [3.63, 3.8) is 0 Å². The molecule has 2 aromatic carbocycles. The lowest BCUT2D eigenvalue weighted by Crippen LogP contribution is -2.36. The van der Waals surface area contributed by atoms with Crippen LogP contribution in [0.15, 0.2) is 52.4 Å². The Morgan fingerprint density at radius 3 is 2.55 bits per heavy atom. The third kappa shape index (κ3) is 5.88. The number of amidine groups is 1. The number of nitrogens with one attached hydrogen (secondary N) is 3. The third-order valence-electron chi connectivity index (χ3n) is 4.32. The molecule has 0 saturated carbocycles. The van der Waals surface area contributed by atoms with Gasteiger partial charge in [0.15, 0.2) is 18.2 Å². The molecule has 13 heteroatoms. The molecule has 3 rings (SSSR count). The number of ether oxygens (including phenoxy) is 1. The van der Waals surface area contributed by atoms with E-state index in [1.807, 2.05) is 0 Å². The van der Waals surface area contributed by atoms with Gasteiger partial charge >= 0.3 is 5.97 Å². The molecule has 33 heavy (non-hydrogen) atoms. The number of fused-ring (bicyclic) bond motifs is 1. The number of carbonyl (C=O) groups is 3. The lowest BCUT2D eigenvalue weighted by Gasteiger charge is -2.10. The second-order valence-electron chi connectivity index (χ2n) is 6.82. The summed E-state index contributed by atoms with van der Waals surface area (Å²) in [5.41, 5.74) is 0.304. The summed E-state index contributed by atoms with van der Waals surface area (Å²) < 4.78 is 57.3. The van der Waals surface area contributed by atoms with Gasteiger partial charge in [-0.1, -0.05) is 12.1 Å². The Kier molecular flexibility index (Phi) is 7.01. The van der Waals surface area contributed by atoms with Crippen molar-refractivity contribution in [2.75, 3.05) is 18.5 Å². The van der Waals surface area contributed by atoms with E-state index in [2.05, 4.69) is 20.3 Å². The Labute approximate surface area is 187 Å². The Morgan fingerprint density at radius 2 is 1.82 bits per heavy atom. The van der Waals surface area contributed by atoms with Gasteiger partial charge in [0.2, 0.25) is 5.91 Å². The highest BCUT2D eigenvalue weighted by Gasteiger charge is 2.31. The van der Waals surface area contributed by atoms with Gasteiger partial charge in [0, 0.05) is 17.3 Å². The first-order valence-corrected chi connectivity index (χ1v) is 10.9. The van der Waals surface area contributed by atoms with E-state index < -0.39 is 58.6 Å². The molecule has 0 radical (unpaired) electrons. The van der Waals surface area contributed by atoms with E-state index in [0.29, 0.717) is 5.56 Å². The molecule has 2 amide bonds. The van der Waals surface area contributed by atoms with E-state index >= 15 is 0 Å². The monoisotopic (exact) mass is 480 g/mol. The number of benzene rings is 2. The van der Waals surface area contributed by atoms with Crippen molar-refractivity contribution in [3.05, 3.63) is 59.7 Å². The van der Waals surface area contributed by atoms with Gasteiger partial charge in [0.1, 0.15) is 11.9 Å². The number of hydrogen-bond acceptors (Lipinski definition) is 7. The molecule has 3 N–H and O–H groups in total. The van der Waals surface area contributed by atoms with Crippen molar-refractivity contribution in [1.29, 1.82) is 0 Å². The van der Waals surface area contributed by atoms with Gasteiger partial charge in [-0.3, -0.25) is 19.3 Å². The first-order chi connectivity index (χ1) is 15.6. The molecular weight excluding hydrogens is 462 g/mol. The van der Waals surface area contributed by atoms with Crippen LogP contribution in [0.1, 0.15) is 12.5 Å². The van der Waals surface area contributed by atoms with Gasteiger partial charge in [0.05, 0.1) is 11.4 Å². The first-order valence-electron chi connectivity index (χ1n) is 9.45. The summed E-state index contributed by atoms with van der Waals surface area (Å²) in [5, 5.41) is 4.46. The lowest BCUT2D eigenvalue weighted by atomic mass is 10.2. The van der Waals surface area contributed by atoms with Crippen LogP contribution in [0, 0.1) is 11.6 Å². The van der Waals surface area contributed by atoms with Crippen molar-refractivity contribution in [1.82, 2.24) is 10.0 Å². The number of halogens is 2. The fourth-order valence-electron chi connectivity index (χ4n) is 2.74. The lowest BCUT2D eigenvalue weighted by molar-refractivity contribution is -0.149. The minimum absolute atomic E-state index is 0.00313. The summed E-state index contributed by atoms with van der Waals surface area (Å²) in [6, 6.07) is 7.73. The number of amides is 2. The van der Waals surface area contributed by atoms with Crippen LogP contribution in [0.5, 0.6) is 0 Å². The number of rotatable bonds is 7. The maximum absolute atomic E-state index is 13.1. The average molecular weight is 480 g/mol. The normalized spacial score (nSPS) is 15.8. The zero-order valence-corrected chi connectivity index (χ0v) is 17.9. The van der Waals surface area contributed by atoms with E-state index in [0.717, 1.165) is 18.2 Å². The van der Waals surface area contributed by atoms with Crippen LogP contribution in [0.3, 0.4) is 0 Å². The van der Waals surface area contributed by atoms with Gasteiger partial charge in [-0.25, -0.2) is 22.0 Å². The Balaban J connectivity index is 1.47. The molecule has 0 spiro atoms. The highest BCUT2D eigenvalue weighted by Crippen LogP contribution is 2.22. The predicted octanol–water partition coefficient (Wildman–Crippen LogP) is 0.690. The second-order valence-corrected chi connectivity index (χ2v) is 8.47. The smallest absolute Gasteiger partial charge is 0.331 e. The maximum Gasteiger partial charge on any atom is 0.331 e. The minimum atomic E-state index is -3.77. The average Bonchev–Trinajstić information content (AvgIpc) is 3.03. The molecule has 1 aliphatic heterocycles. The number of hydrogen-bond donors (Lipinski definition) is 3. The van der Waals surface area contributed by atoms with Gasteiger partial charge < -0.3 is 15.4 Å². The van der Waals surface area contributed by atoms with E-state index in [9.17, 15) is 31.6 Å². The molecule has 0 aromatic heterocycles. The van der Waals surface area contributed by atoms with E-state index in [1.165, 1.54) is 19.1 Å². The number of nitrogens with zero attached hydrogens (tertiary/aromatic N) is 1. The van der Waals surface area contributed by atoms with Crippen molar-refractivity contribution in [2.45, 2.75) is 17.9 Å².